The van der Waals surface area contributed by atoms with E-state index in [0.717, 1.165) is 24.0 Å². The molecule has 3 heterocycles. The van der Waals surface area contributed by atoms with Crippen molar-refractivity contribution in [1.29, 1.82) is 0 Å². The third-order valence-corrected chi connectivity index (χ3v) is 7.80. The number of carbonyl (C=O) groups excluding carboxylic acids is 1. The summed E-state index contributed by atoms with van der Waals surface area (Å²) in [4.78, 5) is 14.8. The van der Waals surface area contributed by atoms with Crippen LogP contribution in [0.1, 0.15) is 44.1 Å². The van der Waals surface area contributed by atoms with Crippen molar-refractivity contribution in [3.8, 4) is 11.5 Å². The lowest BCUT2D eigenvalue weighted by atomic mass is 9.96. The number of carbonyl (C=O) groups is 1. The Hall–Kier alpha value is -2.94. The van der Waals surface area contributed by atoms with Crippen molar-refractivity contribution in [2.24, 2.45) is 0 Å². The monoisotopic (exact) mass is 443 g/mol. The van der Waals surface area contributed by atoms with Gasteiger partial charge in [-0.3, -0.25) is 4.79 Å². The van der Waals surface area contributed by atoms with Crippen LogP contribution in [-0.2, 0) is 21.1 Å². The van der Waals surface area contributed by atoms with Crippen LogP contribution in [0.15, 0.2) is 56.6 Å². The predicted molar refractivity (Wildman–Crippen MR) is 113 cm³/mol. The first-order chi connectivity index (χ1) is 14.8. The van der Waals surface area contributed by atoms with Crippen molar-refractivity contribution in [1.82, 2.24) is 15.1 Å². The Morgan fingerprint density at radius 1 is 1.13 bits per heavy atom. The Morgan fingerprint density at radius 3 is 2.45 bits per heavy atom. The smallest absolute Gasteiger partial charge is 0.250 e. The second-order valence-corrected chi connectivity index (χ2v) is 10.5. The van der Waals surface area contributed by atoms with E-state index in [1.165, 1.54) is 0 Å². The van der Waals surface area contributed by atoms with E-state index < -0.39 is 15.1 Å². The van der Waals surface area contributed by atoms with E-state index in [-0.39, 0.29) is 23.1 Å². The van der Waals surface area contributed by atoms with Crippen molar-refractivity contribution >= 4 is 15.7 Å². The standard InChI is InChI=1S/C22H25N3O5S/c1-15(2)31(27,28)19-5-3-16(4-6-19)13-20(26)25-10-7-17(8-11-25)21-23-24-22(30-21)18-9-12-29-14-18/h3-6,9,12,14-15,17H,7-8,10-11,13H2,1-2H3. The fraction of sp³-hybridized carbons (Fsp3) is 0.409. The summed E-state index contributed by atoms with van der Waals surface area (Å²) in [6.45, 7) is 4.55. The minimum atomic E-state index is -3.31. The molecule has 0 radical (unpaired) electrons. The summed E-state index contributed by atoms with van der Waals surface area (Å²) < 4.78 is 35.3. The van der Waals surface area contributed by atoms with E-state index in [2.05, 4.69) is 10.2 Å². The fourth-order valence-corrected chi connectivity index (χ4v) is 4.69. The Kier molecular flexibility index (Phi) is 5.95. The summed E-state index contributed by atoms with van der Waals surface area (Å²) in [5.74, 6) is 1.18. The minimum absolute atomic E-state index is 0.0301. The van der Waals surface area contributed by atoms with Crippen molar-refractivity contribution in [3.05, 3.63) is 54.3 Å². The molecule has 3 aromatic rings. The maximum Gasteiger partial charge on any atom is 0.250 e. The normalized spacial score (nSPS) is 15.5. The van der Waals surface area contributed by atoms with Crippen molar-refractivity contribution in [2.75, 3.05) is 13.1 Å². The highest BCUT2D eigenvalue weighted by molar-refractivity contribution is 7.92. The summed E-state index contributed by atoms with van der Waals surface area (Å²) in [7, 11) is -3.31. The van der Waals surface area contributed by atoms with E-state index in [9.17, 15) is 13.2 Å². The molecular weight excluding hydrogens is 418 g/mol. The SMILES string of the molecule is CC(C)S(=O)(=O)c1ccc(CC(=O)N2CCC(c3nnc(-c4ccoc4)o3)CC2)cc1. The molecule has 1 aliphatic heterocycles. The predicted octanol–water partition coefficient (Wildman–Crippen LogP) is 3.46. The molecule has 8 nitrogen and oxygen atoms in total. The number of amides is 1. The molecule has 0 atom stereocenters. The number of likely N-dealkylation sites (tertiary alicyclic amines) is 1. The lowest BCUT2D eigenvalue weighted by molar-refractivity contribution is -0.131. The Balaban J connectivity index is 1.32. The van der Waals surface area contributed by atoms with Gasteiger partial charge >= 0.3 is 0 Å². The zero-order chi connectivity index (χ0) is 22.0. The van der Waals surface area contributed by atoms with Gasteiger partial charge in [0.05, 0.1) is 28.4 Å². The number of piperidine rings is 1. The number of nitrogens with zero attached hydrogens (tertiary/aromatic N) is 3. The molecule has 164 valence electrons. The first-order valence-electron chi connectivity index (χ1n) is 10.3. The highest BCUT2D eigenvalue weighted by atomic mass is 32.2. The largest absolute Gasteiger partial charge is 0.472 e. The zero-order valence-corrected chi connectivity index (χ0v) is 18.3. The second-order valence-electron chi connectivity index (χ2n) is 8.03. The maximum atomic E-state index is 12.7. The lowest BCUT2D eigenvalue weighted by Gasteiger charge is -2.30. The molecule has 9 heteroatoms. The molecule has 0 spiro atoms. The average molecular weight is 444 g/mol. The summed E-state index contributed by atoms with van der Waals surface area (Å²) in [5, 5.41) is 7.77. The summed E-state index contributed by atoms with van der Waals surface area (Å²) >= 11 is 0. The van der Waals surface area contributed by atoms with Gasteiger partial charge in [0.15, 0.2) is 9.84 Å². The number of rotatable bonds is 6. The van der Waals surface area contributed by atoms with Gasteiger partial charge in [-0.15, -0.1) is 10.2 Å². The van der Waals surface area contributed by atoms with E-state index in [1.807, 2.05) is 4.90 Å². The first kappa shape index (κ1) is 21.3. The van der Waals surface area contributed by atoms with Gasteiger partial charge in [0.25, 0.3) is 5.89 Å². The number of sulfone groups is 1. The van der Waals surface area contributed by atoms with Crippen LogP contribution in [-0.4, -0.2) is 47.8 Å². The third kappa shape index (κ3) is 4.56. The maximum absolute atomic E-state index is 12.7. The van der Waals surface area contributed by atoms with Crippen molar-refractivity contribution in [2.45, 2.75) is 49.2 Å². The molecule has 0 aliphatic carbocycles. The lowest BCUT2D eigenvalue weighted by Crippen LogP contribution is -2.38. The third-order valence-electron chi connectivity index (χ3n) is 5.63. The van der Waals surface area contributed by atoms with Gasteiger partial charge in [0.1, 0.15) is 6.26 Å². The highest BCUT2D eigenvalue weighted by Crippen LogP contribution is 2.29. The molecule has 1 aliphatic rings. The summed E-state index contributed by atoms with van der Waals surface area (Å²) in [6.07, 6.45) is 4.87. The van der Waals surface area contributed by atoms with Crippen LogP contribution in [0.3, 0.4) is 0 Å². The van der Waals surface area contributed by atoms with Crippen LogP contribution in [0.5, 0.6) is 0 Å². The van der Waals surface area contributed by atoms with E-state index in [4.69, 9.17) is 8.83 Å². The van der Waals surface area contributed by atoms with Crippen LogP contribution in [0.4, 0.5) is 0 Å². The number of furan rings is 1. The number of hydrogen-bond acceptors (Lipinski definition) is 7. The molecule has 4 rings (SSSR count). The topological polar surface area (TPSA) is 107 Å². The van der Waals surface area contributed by atoms with E-state index in [1.54, 1.807) is 56.7 Å². The van der Waals surface area contributed by atoms with Crippen LogP contribution < -0.4 is 0 Å². The van der Waals surface area contributed by atoms with Crippen molar-refractivity contribution in [3.63, 3.8) is 0 Å². The van der Waals surface area contributed by atoms with Crippen LogP contribution in [0.25, 0.3) is 11.5 Å². The number of hydrogen-bond donors (Lipinski definition) is 0. The Bertz CT molecular complexity index is 1130. The molecule has 0 bridgehead atoms. The molecule has 2 aromatic heterocycles. The molecule has 1 fully saturated rings. The van der Waals surface area contributed by atoms with Gasteiger partial charge in [0, 0.05) is 19.0 Å². The second kappa shape index (κ2) is 8.66. The van der Waals surface area contributed by atoms with Crippen molar-refractivity contribution < 1.29 is 22.0 Å². The van der Waals surface area contributed by atoms with Gasteiger partial charge < -0.3 is 13.7 Å². The highest BCUT2D eigenvalue weighted by Gasteiger charge is 2.28. The number of benzene rings is 1. The van der Waals surface area contributed by atoms with Gasteiger partial charge in [-0.2, -0.15) is 0 Å². The van der Waals surface area contributed by atoms with Crippen LogP contribution >= 0.6 is 0 Å². The number of aromatic nitrogens is 2. The minimum Gasteiger partial charge on any atom is -0.472 e. The van der Waals surface area contributed by atoms with Gasteiger partial charge in [0.2, 0.25) is 11.8 Å². The molecule has 1 aromatic carbocycles. The first-order valence-corrected chi connectivity index (χ1v) is 11.9. The quantitative estimate of drug-likeness (QED) is 0.574. The summed E-state index contributed by atoms with van der Waals surface area (Å²) in [5.41, 5.74) is 1.55. The fourth-order valence-electron chi connectivity index (χ4n) is 3.63. The van der Waals surface area contributed by atoms with E-state index in [0.29, 0.717) is 24.9 Å². The van der Waals surface area contributed by atoms with E-state index >= 15 is 0 Å². The average Bonchev–Trinajstić information content (AvgIpc) is 3.46. The molecule has 31 heavy (non-hydrogen) atoms. The molecule has 0 unspecified atom stereocenters. The van der Waals surface area contributed by atoms with Gasteiger partial charge in [-0.05, 0) is 50.5 Å². The van der Waals surface area contributed by atoms with Crippen LogP contribution in [0.2, 0.25) is 0 Å². The summed E-state index contributed by atoms with van der Waals surface area (Å²) in [6, 6.07) is 8.36. The van der Waals surface area contributed by atoms with Gasteiger partial charge in [-0.25, -0.2) is 8.42 Å². The zero-order valence-electron chi connectivity index (χ0n) is 17.5. The molecule has 1 amide bonds. The molecule has 1 saturated heterocycles. The Morgan fingerprint density at radius 2 is 1.84 bits per heavy atom. The Labute approximate surface area is 181 Å². The molecule has 0 saturated carbocycles. The van der Waals surface area contributed by atoms with Crippen LogP contribution in [0, 0.1) is 0 Å². The molecular formula is C22H25N3O5S. The molecule has 0 N–H and O–H groups in total. The van der Waals surface area contributed by atoms with Gasteiger partial charge in [-0.1, -0.05) is 12.1 Å².